The lowest BCUT2D eigenvalue weighted by molar-refractivity contribution is -0.132. The van der Waals surface area contributed by atoms with Crippen LogP contribution >= 0.6 is 0 Å². The Bertz CT molecular complexity index is 1340. The van der Waals surface area contributed by atoms with Crippen LogP contribution in [0.5, 0.6) is 5.75 Å². The monoisotopic (exact) mass is 431 g/mol. The van der Waals surface area contributed by atoms with Crippen LogP contribution < -0.4 is 10.4 Å². The van der Waals surface area contributed by atoms with Gasteiger partial charge in [0.15, 0.2) is 0 Å². The van der Waals surface area contributed by atoms with Crippen LogP contribution in [0.25, 0.3) is 22.0 Å². The Morgan fingerprint density at radius 1 is 1.28 bits per heavy atom. The number of amides is 1. The normalized spacial score (nSPS) is 16.2. The van der Waals surface area contributed by atoms with Crippen molar-refractivity contribution in [3.63, 3.8) is 0 Å². The highest BCUT2D eigenvalue weighted by Gasteiger charge is 2.32. The molecular formula is C25H25N3O4. The van der Waals surface area contributed by atoms with E-state index in [0.29, 0.717) is 29.9 Å². The molecule has 0 spiro atoms. The van der Waals surface area contributed by atoms with Crippen molar-refractivity contribution in [1.29, 1.82) is 0 Å². The van der Waals surface area contributed by atoms with Gasteiger partial charge in [-0.2, -0.15) is 0 Å². The molecule has 2 aromatic carbocycles. The molecule has 1 saturated heterocycles. The third-order valence-electron chi connectivity index (χ3n) is 6.38. The summed E-state index contributed by atoms with van der Waals surface area (Å²) in [4.78, 5) is 35.7. The summed E-state index contributed by atoms with van der Waals surface area (Å²) in [5.41, 5.74) is 3.38. The molecule has 0 radical (unpaired) electrons. The molecule has 7 heteroatoms. The first-order valence-electron chi connectivity index (χ1n) is 10.9. The van der Waals surface area contributed by atoms with E-state index < -0.39 is 5.63 Å². The van der Waals surface area contributed by atoms with Gasteiger partial charge in [0.05, 0.1) is 24.2 Å². The minimum absolute atomic E-state index is 0.0292. The summed E-state index contributed by atoms with van der Waals surface area (Å²) in [6.45, 7) is 2.60. The number of rotatable bonds is 5. The molecule has 3 heterocycles. The molecule has 0 saturated carbocycles. The molecule has 1 atom stereocenters. The summed E-state index contributed by atoms with van der Waals surface area (Å²) in [5, 5.41) is 0.856. The van der Waals surface area contributed by atoms with Gasteiger partial charge in [-0.15, -0.1) is 0 Å². The molecule has 4 aromatic rings. The summed E-state index contributed by atoms with van der Waals surface area (Å²) in [7, 11) is 1.57. The van der Waals surface area contributed by atoms with Crippen molar-refractivity contribution in [1.82, 2.24) is 14.9 Å². The van der Waals surface area contributed by atoms with Crippen LogP contribution in [-0.2, 0) is 11.2 Å². The highest BCUT2D eigenvalue weighted by atomic mass is 16.5. The number of methoxy groups -OCH3 is 1. The molecule has 1 aliphatic rings. The lowest BCUT2D eigenvalue weighted by Crippen LogP contribution is -2.31. The first-order valence-corrected chi connectivity index (χ1v) is 10.9. The molecule has 1 aliphatic heterocycles. The minimum atomic E-state index is -0.397. The smallest absolute Gasteiger partial charge is 0.339 e. The highest BCUT2D eigenvalue weighted by molar-refractivity contribution is 5.83. The number of imidazole rings is 1. The maximum absolute atomic E-state index is 13.1. The molecule has 1 amide bonds. The van der Waals surface area contributed by atoms with Gasteiger partial charge in [-0.05, 0) is 56.0 Å². The summed E-state index contributed by atoms with van der Waals surface area (Å²) < 4.78 is 10.7. The number of nitrogens with zero attached hydrogens (tertiary/aromatic N) is 2. The number of benzene rings is 2. The molecule has 0 unspecified atom stereocenters. The zero-order valence-electron chi connectivity index (χ0n) is 18.2. The summed E-state index contributed by atoms with van der Waals surface area (Å²) in [6.07, 6.45) is 2.42. The van der Waals surface area contributed by atoms with Crippen molar-refractivity contribution in [2.24, 2.45) is 0 Å². The summed E-state index contributed by atoms with van der Waals surface area (Å²) >= 11 is 0. The van der Waals surface area contributed by atoms with Gasteiger partial charge in [-0.1, -0.05) is 12.1 Å². The van der Waals surface area contributed by atoms with Gasteiger partial charge in [0.2, 0.25) is 5.91 Å². The number of ether oxygens (including phenoxy) is 1. The minimum Gasteiger partial charge on any atom is -0.497 e. The number of H-pyrrole nitrogens is 1. The summed E-state index contributed by atoms with van der Waals surface area (Å²) in [6, 6.07) is 13.3. The topological polar surface area (TPSA) is 88.4 Å². The molecule has 5 rings (SSSR count). The standard InChI is InChI=1S/C25H25N3O4/c1-15-17-10-9-16(31-2)14-22(17)32-25(30)18(15)11-12-23(29)28-13-5-8-21(28)24-26-19-6-3-4-7-20(19)27-24/h3-4,6-7,9-10,14,21H,5,8,11-13H2,1-2H3,(H,26,27)/t21-/m1/s1. The van der Waals surface area contributed by atoms with Crippen LogP contribution in [0.1, 0.15) is 42.3 Å². The molecular weight excluding hydrogens is 406 g/mol. The Hall–Kier alpha value is -3.61. The second-order valence-corrected chi connectivity index (χ2v) is 8.24. The van der Waals surface area contributed by atoms with Crippen LogP contribution in [0.15, 0.2) is 51.7 Å². The number of aromatic nitrogens is 2. The Kier molecular flexibility index (Phi) is 5.17. The number of carbonyl (C=O) groups excluding carboxylic acids is 1. The fourth-order valence-corrected chi connectivity index (χ4v) is 4.65. The molecule has 1 N–H and O–H groups in total. The highest BCUT2D eigenvalue weighted by Crippen LogP contribution is 2.32. The average molecular weight is 431 g/mol. The lowest BCUT2D eigenvalue weighted by atomic mass is 10.0. The molecule has 32 heavy (non-hydrogen) atoms. The first kappa shape index (κ1) is 20.3. The van der Waals surface area contributed by atoms with Crippen molar-refractivity contribution in [2.75, 3.05) is 13.7 Å². The molecule has 0 bridgehead atoms. The second-order valence-electron chi connectivity index (χ2n) is 8.24. The largest absolute Gasteiger partial charge is 0.497 e. The Labute approximate surface area is 185 Å². The molecule has 2 aromatic heterocycles. The predicted octanol–water partition coefficient (Wildman–Crippen LogP) is 4.28. The van der Waals surface area contributed by atoms with E-state index in [4.69, 9.17) is 14.1 Å². The number of fused-ring (bicyclic) bond motifs is 2. The van der Waals surface area contributed by atoms with Gasteiger partial charge in [0.25, 0.3) is 0 Å². The van der Waals surface area contributed by atoms with E-state index in [1.807, 2.05) is 48.2 Å². The van der Waals surface area contributed by atoms with E-state index in [2.05, 4.69) is 4.98 Å². The van der Waals surface area contributed by atoms with Crippen molar-refractivity contribution in [3.05, 3.63) is 69.8 Å². The number of hydrogen-bond donors (Lipinski definition) is 1. The third-order valence-corrected chi connectivity index (χ3v) is 6.38. The Balaban J connectivity index is 1.36. The van der Waals surface area contributed by atoms with Crippen molar-refractivity contribution >= 4 is 27.9 Å². The SMILES string of the molecule is COc1ccc2c(C)c(CCC(=O)N3CCC[C@@H]3c3nc4ccccc4[nH]3)c(=O)oc2c1. The number of nitrogens with one attached hydrogen (secondary N) is 1. The third kappa shape index (κ3) is 3.53. The zero-order chi connectivity index (χ0) is 22.2. The van der Waals surface area contributed by atoms with E-state index in [1.54, 1.807) is 13.2 Å². The molecule has 164 valence electrons. The molecule has 7 nitrogen and oxygen atoms in total. The number of aryl methyl sites for hydroxylation is 1. The molecule has 1 fully saturated rings. The van der Waals surface area contributed by atoms with Crippen LogP contribution in [0, 0.1) is 6.92 Å². The number of hydrogen-bond acceptors (Lipinski definition) is 5. The number of carbonyl (C=O) groups is 1. The van der Waals surface area contributed by atoms with E-state index >= 15 is 0 Å². The number of likely N-dealkylation sites (tertiary alicyclic amines) is 1. The fourth-order valence-electron chi connectivity index (χ4n) is 4.65. The van der Waals surface area contributed by atoms with Crippen molar-refractivity contribution < 1.29 is 13.9 Å². The van der Waals surface area contributed by atoms with E-state index in [9.17, 15) is 9.59 Å². The van der Waals surface area contributed by atoms with Crippen LogP contribution in [0.4, 0.5) is 0 Å². The maximum Gasteiger partial charge on any atom is 0.339 e. The van der Waals surface area contributed by atoms with Gasteiger partial charge in [-0.25, -0.2) is 9.78 Å². The molecule has 0 aliphatic carbocycles. The van der Waals surface area contributed by atoms with Gasteiger partial charge < -0.3 is 19.0 Å². The number of para-hydroxylation sites is 2. The zero-order valence-corrected chi connectivity index (χ0v) is 18.2. The van der Waals surface area contributed by atoms with Gasteiger partial charge >= 0.3 is 5.63 Å². The first-order chi connectivity index (χ1) is 15.5. The second kappa shape index (κ2) is 8.15. The van der Waals surface area contributed by atoms with Gasteiger partial charge in [0.1, 0.15) is 17.2 Å². The number of aromatic amines is 1. The lowest BCUT2D eigenvalue weighted by Gasteiger charge is -2.23. The van der Waals surface area contributed by atoms with Gasteiger partial charge in [-0.3, -0.25) is 4.79 Å². The maximum atomic E-state index is 13.1. The Morgan fingerprint density at radius 3 is 2.94 bits per heavy atom. The van der Waals surface area contributed by atoms with E-state index in [1.165, 1.54) is 0 Å². The van der Waals surface area contributed by atoms with Crippen LogP contribution in [0.2, 0.25) is 0 Å². The quantitative estimate of drug-likeness (QED) is 0.477. The summed E-state index contributed by atoms with van der Waals surface area (Å²) in [5.74, 6) is 1.49. The van der Waals surface area contributed by atoms with Crippen LogP contribution in [-0.4, -0.2) is 34.4 Å². The van der Waals surface area contributed by atoms with Gasteiger partial charge in [0, 0.05) is 30.0 Å². The van der Waals surface area contributed by atoms with Crippen LogP contribution in [0.3, 0.4) is 0 Å². The predicted molar refractivity (Wildman–Crippen MR) is 122 cm³/mol. The fraction of sp³-hybridized carbons (Fsp3) is 0.320. The average Bonchev–Trinajstić information content (AvgIpc) is 3.45. The van der Waals surface area contributed by atoms with E-state index in [-0.39, 0.29) is 18.4 Å². The Morgan fingerprint density at radius 2 is 2.12 bits per heavy atom. The van der Waals surface area contributed by atoms with Crippen molar-refractivity contribution in [2.45, 2.75) is 38.6 Å². The van der Waals surface area contributed by atoms with E-state index in [0.717, 1.165) is 40.6 Å². The van der Waals surface area contributed by atoms with Crippen molar-refractivity contribution in [3.8, 4) is 5.75 Å².